The monoisotopic (exact) mass is 250 g/mol. The van der Waals surface area contributed by atoms with Gasteiger partial charge in [-0.25, -0.2) is 0 Å². The fourth-order valence-corrected chi connectivity index (χ4v) is 2.49. The first-order valence-electron chi connectivity index (χ1n) is 6.48. The number of nitrogens with one attached hydrogen (secondary N) is 1. The Balaban J connectivity index is 2.16. The molecule has 1 aliphatic heterocycles. The summed E-state index contributed by atoms with van der Waals surface area (Å²) in [6.45, 7) is 1.12. The van der Waals surface area contributed by atoms with E-state index in [4.69, 9.17) is 15.2 Å². The van der Waals surface area contributed by atoms with E-state index in [9.17, 15) is 0 Å². The predicted molar refractivity (Wildman–Crippen MR) is 73.3 cm³/mol. The van der Waals surface area contributed by atoms with Gasteiger partial charge in [0.2, 0.25) is 0 Å². The summed E-state index contributed by atoms with van der Waals surface area (Å²) in [5.74, 6) is 1.39. The van der Waals surface area contributed by atoms with E-state index in [2.05, 4.69) is 5.32 Å². The van der Waals surface area contributed by atoms with Crippen LogP contribution in [0.15, 0.2) is 12.1 Å². The average molecular weight is 250 g/mol. The highest BCUT2D eigenvalue weighted by Crippen LogP contribution is 2.33. The van der Waals surface area contributed by atoms with E-state index in [0.717, 1.165) is 13.0 Å². The maximum Gasteiger partial charge on any atom is 0.145 e. The lowest BCUT2D eigenvalue weighted by atomic mass is 9.97. The molecule has 0 bridgehead atoms. The largest absolute Gasteiger partial charge is 0.494 e. The van der Waals surface area contributed by atoms with Crippen molar-refractivity contribution in [3.8, 4) is 11.5 Å². The summed E-state index contributed by atoms with van der Waals surface area (Å²) >= 11 is 0. The Morgan fingerprint density at radius 1 is 1.22 bits per heavy atom. The summed E-state index contributed by atoms with van der Waals surface area (Å²) in [7, 11) is 3.27. The molecule has 1 unspecified atom stereocenters. The van der Waals surface area contributed by atoms with Crippen molar-refractivity contribution in [2.75, 3.05) is 26.5 Å². The van der Waals surface area contributed by atoms with Crippen LogP contribution in [0.25, 0.3) is 0 Å². The molecule has 4 nitrogen and oxygen atoms in total. The number of piperidine rings is 1. The van der Waals surface area contributed by atoms with Crippen molar-refractivity contribution in [3.63, 3.8) is 0 Å². The van der Waals surface area contributed by atoms with Crippen molar-refractivity contribution in [2.24, 2.45) is 0 Å². The average Bonchev–Trinajstić information content (AvgIpc) is 2.41. The molecule has 0 saturated carbocycles. The molecule has 1 saturated heterocycles. The molecule has 2 rings (SSSR count). The zero-order valence-corrected chi connectivity index (χ0v) is 11.2. The van der Waals surface area contributed by atoms with Crippen molar-refractivity contribution >= 4 is 5.69 Å². The molecular weight excluding hydrogens is 228 g/mol. The van der Waals surface area contributed by atoms with E-state index in [1.165, 1.54) is 24.8 Å². The minimum Gasteiger partial charge on any atom is -0.494 e. The molecule has 0 aliphatic carbocycles. The van der Waals surface area contributed by atoms with Crippen molar-refractivity contribution in [1.82, 2.24) is 5.32 Å². The predicted octanol–water partition coefficient (Wildman–Crippen LogP) is 1.97. The molecule has 1 fully saturated rings. The highest BCUT2D eigenvalue weighted by molar-refractivity contribution is 5.64. The molecule has 0 spiro atoms. The van der Waals surface area contributed by atoms with Crippen molar-refractivity contribution in [2.45, 2.75) is 31.7 Å². The van der Waals surface area contributed by atoms with Crippen molar-refractivity contribution < 1.29 is 9.47 Å². The molecule has 1 aromatic carbocycles. The minimum atomic E-state index is 0.553. The Morgan fingerprint density at radius 3 is 2.39 bits per heavy atom. The first-order valence-corrected chi connectivity index (χ1v) is 6.48. The lowest BCUT2D eigenvalue weighted by Crippen LogP contribution is -2.35. The summed E-state index contributed by atoms with van der Waals surface area (Å²) in [5.41, 5.74) is 7.72. The summed E-state index contributed by atoms with van der Waals surface area (Å²) in [6, 6.07) is 4.57. The summed E-state index contributed by atoms with van der Waals surface area (Å²) in [5, 5.41) is 3.54. The highest BCUT2D eigenvalue weighted by atomic mass is 16.5. The molecular formula is C14H22N2O2. The van der Waals surface area contributed by atoms with E-state index in [1.807, 2.05) is 12.1 Å². The number of benzene rings is 1. The Morgan fingerprint density at radius 2 is 1.89 bits per heavy atom. The van der Waals surface area contributed by atoms with Gasteiger partial charge in [-0.3, -0.25) is 0 Å². The number of anilines is 1. The van der Waals surface area contributed by atoms with Crippen LogP contribution < -0.4 is 20.5 Å². The third-order valence-corrected chi connectivity index (χ3v) is 3.50. The quantitative estimate of drug-likeness (QED) is 0.802. The number of ether oxygens (including phenoxy) is 2. The lowest BCUT2D eigenvalue weighted by molar-refractivity contribution is 0.388. The highest BCUT2D eigenvalue weighted by Gasteiger charge is 2.15. The van der Waals surface area contributed by atoms with Gasteiger partial charge < -0.3 is 20.5 Å². The van der Waals surface area contributed by atoms with Gasteiger partial charge in [-0.15, -0.1) is 0 Å². The van der Waals surface area contributed by atoms with E-state index in [-0.39, 0.29) is 0 Å². The van der Waals surface area contributed by atoms with Crippen LogP contribution in [0.5, 0.6) is 11.5 Å². The number of methoxy groups -OCH3 is 2. The maximum absolute atomic E-state index is 5.94. The van der Waals surface area contributed by atoms with Crippen molar-refractivity contribution in [3.05, 3.63) is 17.7 Å². The van der Waals surface area contributed by atoms with Crippen LogP contribution in [0.1, 0.15) is 24.8 Å². The second-order valence-electron chi connectivity index (χ2n) is 4.76. The number of rotatable bonds is 4. The fraction of sp³-hybridized carbons (Fsp3) is 0.571. The minimum absolute atomic E-state index is 0.553. The smallest absolute Gasteiger partial charge is 0.145 e. The van der Waals surface area contributed by atoms with Gasteiger partial charge in [-0.2, -0.15) is 0 Å². The summed E-state index contributed by atoms with van der Waals surface area (Å²) < 4.78 is 10.6. The lowest BCUT2D eigenvalue weighted by Gasteiger charge is -2.24. The number of hydrogen-bond donors (Lipinski definition) is 2. The standard InChI is InChI=1S/C14H22N2O2/c1-17-12-8-10(9-13(18-2)14(12)15)7-11-5-3-4-6-16-11/h8-9,11,16H,3-7,15H2,1-2H3. The van der Waals surface area contributed by atoms with E-state index in [0.29, 0.717) is 23.2 Å². The van der Waals surface area contributed by atoms with Gasteiger partial charge in [0.25, 0.3) is 0 Å². The number of nitrogens with two attached hydrogens (primary N) is 1. The summed E-state index contributed by atoms with van der Waals surface area (Å²) in [4.78, 5) is 0. The van der Waals surface area contributed by atoms with Gasteiger partial charge in [0.15, 0.2) is 0 Å². The van der Waals surface area contributed by atoms with Crippen LogP contribution in [0.3, 0.4) is 0 Å². The van der Waals surface area contributed by atoms with Gasteiger partial charge in [0, 0.05) is 6.04 Å². The maximum atomic E-state index is 5.94. The molecule has 1 atom stereocenters. The third kappa shape index (κ3) is 2.88. The van der Waals surface area contributed by atoms with Gasteiger partial charge in [0.1, 0.15) is 17.2 Å². The molecule has 0 aromatic heterocycles. The first kappa shape index (κ1) is 13.0. The molecule has 1 heterocycles. The zero-order valence-electron chi connectivity index (χ0n) is 11.2. The van der Waals surface area contributed by atoms with Crippen LogP contribution in [-0.2, 0) is 6.42 Å². The molecule has 18 heavy (non-hydrogen) atoms. The molecule has 4 heteroatoms. The molecule has 100 valence electrons. The van der Waals surface area contributed by atoms with Crippen molar-refractivity contribution in [1.29, 1.82) is 0 Å². The van der Waals surface area contributed by atoms with Crippen LogP contribution in [0, 0.1) is 0 Å². The Kier molecular flexibility index (Phi) is 4.31. The second kappa shape index (κ2) is 5.96. The van der Waals surface area contributed by atoms with Crippen LogP contribution in [0.2, 0.25) is 0 Å². The van der Waals surface area contributed by atoms with Crippen LogP contribution in [-0.4, -0.2) is 26.8 Å². The molecule has 0 amide bonds. The topological polar surface area (TPSA) is 56.5 Å². The van der Waals surface area contributed by atoms with Crippen LogP contribution in [0.4, 0.5) is 5.69 Å². The number of nitrogen functional groups attached to an aromatic ring is 1. The van der Waals surface area contributed by atoms with E-state index < -0.39 is 0 Å². The normalized spacial score (nSPS) is 19.6. The SMILES string of the molecule is COc1cc(CC2CCCCN2)cc(OC)c1N. The van der Waals surface area contributed by atoms with Gasteiger partial charge >= 0.3 is 0 Å². The van der Waals surface area contributed by atoms with Gasteiger partial charge in [-0.1, -0.05) is 6.42 Å². The Labute approximate surface area is 108 Å². The molecule has 1 aliphatic rings. The van der Waals surface area contributed by atoms with Gasteiger partial charge in [-0.05, 0) is 43.5 Å². The van der Waals surface area contributed by atoms with E-state index >= 15 is 0 Å². The Hall–Kier alpha value is -1.42. The number of hydrogen-bond acceptors (Lipinski definition) is 4. The molecule has 3 N–H and O–H groups in total. The van der Waals surface area contributed by atoms with Gasteiger partial charge in [0.05, 0.1) is 14.2 Å². The summed E-state index contributed by atoms with van der Waals surface area (Å²) in [6.07, 6.45) is 4.81. The Bertz CT molecular complexity index is 376. The third-order valence-electron chi connectivity index (χ3n) is 3.50. The zero-order chi connectivity index (χ0) is 13.0. The fourth-order valence-electron chi connectivity index (χ4n) is 2.49. The molecule has 0 radical (unpaired) electrons. The van der Waals surface area contributed by atoms with E-state index in [1.54, 1.807) is 14.2 Å². The second-order valence-corrected chi connectivity index (χ2v) is 4.76. The van der Waals surface area contributed by atoms with Crippen LogP contribution >= 0.6 is 0 Å². The first-order chi connectivity index (χ1) is 8.74. The molecule has 1 aromatic rings.